The largest absolute Gasteiger partial charge is 0.481 e. The molecular formula is C13H22N2O4S. The van der Waals surface area contributed by atoms with Crippen LogP contribution in [0.1, 0.15) is 19.5 Å². The Kier molecular flexibility index (Phi) is 8.17. The minimum Gasteiger partial charge on any atom is -0.481 e. The van der Waals surface area contributed by atoms with Crippen molar-refractivity contribution in [1.29, 1.82) is 0 Å². The van der Waals surface area contributed by atoms with E-state index < -0.39 is 5.97 Å². The molecule has 0 aliphatic rings. The maximum absolute atomic E-state index is 10.7. The zero-order valence-corrected chi connectivity index (χ0v) is 12.8. The van der Waals surface area contributed by atoms with E-state index in [-0.39, 0.29) is 6.42 Å². The van der Waals surface area contributed by atoms with Crippen LogP contribution in [0.25, 0.3) is 0 Å². The third-order valence-corrected chi connectivity index (χ3v) is 3.51. The van der Waals surface area contributed by atoms with E-state index in [0.29, 0.717) is 32.1 Å². The van der Waals surface area contributed by atoms with E-state index in [4.69, 9.17) is 14.6 Å². The molecule has 6 nitrogen and oxygen atoms in total. The SMILES string of the molecule is CCOCCN(CCOCC)c1nc(CC(=O)O)cs1. The highest BCUT2D eigenvalue weighted by Crippen LogP contribution is 2.20. The van der Waals surface area contributed by atoms with Gasteiger partial charge in [-0.25, -0.2) is 4.98 Å². The molecule has 0 saturated heterocycles. The molecule has 0 radical (unpaired) electrons. The summed E-state index contributed by atoms with van der Waals surface area (Å²) >= 11 is 1.46. The number of thiazole rings is 1. The summed E-state index contributed by atoms with van der Waals surface area (Å²) in [7, 11) is 0. The average Bonchev–Trinajstić information content (AvgIpc) is 2.85. The highest BCUT2D eigenvalue weighted by atomic mass is 32.1. The van der Waals surface area contributed by atoms with E-state index in [1.54, 1.807) is 5.38 Å². The fraction of sp³-hybridized carbons (Fsp3) is 0.692. The minimum absolute atomic E-state index is 0.0404. The van der Waals surface area contributed by atoms with Crippen molar-refractivity contribution in [3.8, 4) is 0 Å². The Morgan fingerprint density at radius 1 is 1.30 bits per heavy atom. The summed E-state index contributed by atoms with van der Waals surface area (Å²) in [6, 6.07) is 0. The quantitative estimate of drug-likeness (QED) is 0.627. The first-order valence-electron chi connectivity index (χ1n) is 6.74. The van der Waals surface area contributed by atoms with Gasteiger partial charge in [0.15, 0.2) is 5.13 Å². The van der Waals surface area contributed by atoms with Gasteiger partial charge in [0, 0.05) is 31.7 Å². The lowest BCUT2D eigenvalue weighted by atomic mass is 10.3. The van der Waals surface area contributed by atoms with Crippen LogP contribution in [0.15, 0.2) is 5.38 Å². The first-order chi connectivity index (χ1) is 9.67. The second kappa shape index (κ2) is 9.68. The predicted molar refractivity (Wildman–Crippen MR) is 78.7 cm³/mol. The topological polar surface area (TPSA) is 71.9 Å². The predicted octanol–water partition coefficient (Wildman–Crippen LogP) is 1.65. The molecule has 7 heteroatoms. The maximum Gasteiger partial charge on any atom is 0.309 e. The molecule has 1 N–H and O–H groups in total. The minimum atomic E-state index is -0.864. The highest BCUT2D eigenvalue weighted by Gasteiger charge is 2.12. The van der Waals surface area contributed by atoms with Crippen LogP contribution >= 0.6 is 11.3 Å². The molecule has 20 heavy (non-hydrogen) atoms. The van der Waals surface area contributed by atoms with Crippen LogP contribution in [0.2, 0.25) is 0 Å². The van der Waals surface area contributed by atoms with Crippen molar-refractivity contribution in [3.05, 3.63) is 11.1 Å². The summed E-state index contributed by atoms with van der Waals surface area (Å²) in [6.45, 7) is 7.97. The van der Waals surface area contributed by atoms with Gasteiger partial charge in [-0.15, -0.1) is 11.3 Å². The molecule has 0 aliphatic heterocycles. The molecule has 0 aromatic carbocycles. The number of hydrogen-bond donors (Lipinski definition) is 1. The molecule has 0 aliphatic carbocycles. The van der Waals surface area contributed by atoms with Crippen LogP contribution in [0.5, 0.6) is 0 Å². The molecule has 114 valence electrons. The number of ether oxygens (including phenoxy) is 2. The van der Waals surface area contributed by atoms with Crippen LogP contribution in [0, 0.1) is 0 Å². The van der Waals surface area contributed by atoms with Crippen molar-refractivity contribution in [2.45, 2.75) is 20.3 Å². The van der Waals surface area contributed by atoms with Gasteiger partial charge in [0.05, 0.1) is 25.3 Å². The number of carboxylic acid groups (broad SMARTS) is 1. The van der Waals surface area contributed by atoms with E-state index in [1.807, 2.05) is 13.8 Å². The normalized spacial score (nSPS) is 10.7. The van der Waals surface area contributed by atoms with Crippen LogP contribution < -0.4 is 4.90 Å². The van der Waals surface area contributed by atoms with Crippen molar-refractivity contribution in [3.63, 3.8) is 0 Å². The van der Waals surface area contributed by atoms with E-state index >= 15 is 0 Å². The van der Waals surface area contributed by atoms with Crippen LogP contribution in [0.3, 0.4) is 0 Å². The summed E-state index contributed by atoms with van der Waals surface area (Å²) in [5.41, 5.74) is 0.593. The van der Waals surface area contributed by atoms with E-state index in [2.05, 4.69) is 9.88 Å². The Hall–Kier alpha value is -1.18. The van der Waals surface area contributed by atoms with E-state index in [9.17, 15) is 4.79 Å². The summed E-state index contributed by atoms with van der Waals surface area (Å²) in [5.74, 6) is -0.864. The van der Waals surface area contributed by atoms with Crippen LogP contribution in [-0.2, 0) is 20.7 Å². The van der Waals surface area contributed by atoms with Gasteiger partial charge in [-0.3, -0.25) is 4.79 Å². The fourth-order valence-electron chi connectivity index (χ4n) is 1.62. The summed E-state index contributed by atoms with van der Waals surface area (Å²) < 4.78 is 10.7. The third kappa shape index (κ3) is 6.31. The number of carboxylic acids is 1. The number of aliphatic carboxylic acids is 1. The molecule has 0 unspecified atom stereocenters. The van der Waals surface area contributed by atoms with Crippen molar-refractivity contribution in [1.82, 2.24) is 4.98 Å². The molecule has 0 atom stereocenters. The summed E-state index contributed by atoms with van der Waals surface area (Å²) in [4.78, 5) is 17.1. The Labute approximate surface area is 123 Å². The molecule has 0 bridgehead atoms. The lowest BCUT2D eigenvalue weighted by molar-refractivity contribution is -0.136. The summed E-state index contributed by atoms with van der Waals surface area (Å²) in [6.07, 6.45) is -0.0404. The van der Waals surface area contributed by atoms with Gasteiger partial charge in [-0.2, -0.15) is 0 Å². The average molecular weight is 302 g/mol. The first-order valence-corrected chi connectivity index (χ1v) is 7.62. The van der Waals surface area contributed by atoms with Gasteiger partial charge in [-0.1, -0.05) is 0 Å². The van der Waals surface area contributed by atoms with Crippen molar-refractivity contribution in [2.24, 2.45) is 0 Å². The number of nitrogens with zero attached hydrogens (tertiary/aromatic N) is 2. The van der Waals surface area contributed by atoms with Gasteiger partial charge in [0.2, 0.25) is 0 Å². The maximum atomic E-state index is 10.7. The molecule has 0 amide bonds. The Morgan fingerprint density at radius 3 is 2.40 bits per heavy atom. The summed E-state index contributed by atoms with van der Waals surface area (Å²) in [5, 5.41) is 11.4. The highest BCUT2D eigenvalue weighted by molar-refractivity contribution is 7.13. The van der Waals surface area contributed by atoms with Crippen molar-refractivity contribution >= 4 is 22.4 Å². The third-order valence-electron chi connectivity index (χ3n) is 2.56. The number of anilines is 1. The molecule has 1 heterocycles. The van der Waals surface area contributed by atoms with Gasteiger partial charge in [0.25, 0.3) is 0 Å². The van der Waals surface area contributed by atoms with Crippen molar-refractivity contribution < 1.29 is 19.4 Å². The Balaban J connectivity index is 2.59. The van der Waals surface area contributed by atoms with Gasteiger partial charge >= 0.3 is 5.97 Å². The van der Waals surface area contributed by atoms with Crippen LogP contribution in [0.4, 0.5) is 5.13 Å². The van der Waals surface area contributed by atoms with E-state index in [1.165, 1.54) is 11.3 Å². The Morgan fingerprint density at radius 2 is 1.90 bits per heavy atom. The zero-order valence-electron chi connectivity index (χ0n) is 12.0. The smallest absolute Gasteiger partial charge is 0.309 e. The van der Waals surface area contributed by atoms with Gasteiger partial charge in [-0.05, 0) is 13.8 Å². The number of aromatic nitrogens is 1. The monoisotopic (exact) mass is 302 g/mol. The van der Waals surface area contributed by atoms with Crippen molar-refractivity contribution in [2.75, 3.05) is 44.4 Å². The molecule has 1 rings (SSSR count). The zero-order chi connectivity index (χ0) is 14.8. The van der Waals surface area contributed by atoms with Gasteiger partial charge in [0.1, 0.15) is 0 Å². The fourth-order valence-corrected chi connectivity index (χ4v) is 2.50. The lowest BCUT2D eigenvalue weighted by Gasteiger charge is -2.21. The van der Waals surface area contributed by atoms with E-state index in [0.717, 1.165) is 18.2 Å². The number of rotatable bonds is 11. The standard InChI is InChI=1S/C13H22N2O4S/c1-3-18-7-5-15(6-8-19-4-2)13-14-11(10-20-13)9-12(16)17/h10H,3-9H2,1-2H3,(H,16,17). The Bertz CT molecular complexity index is 387. The number of hydrogen-bond acceptors (Lipinski definition) is 6. The first kappa shape index (κ1) is 16.9. The second-order valence-corrected chi connectivity index (χ2v) is 4.91. The molecular weight excluding hydrogens is 280 g/mol. The molecule has 1 aromatic heterocycles. The molecule has 1 aromatic rings. The van der Waals surface area contributed by atoms with Crippen LogP contribution in [-0.4, -0.2) is 55.6 Å². The molecule has 0 saturated carbocycles. The van der Waals surface area contributed by atoms with Gasteiger partial charge < -0.3 is 19.5 Å². The molecule has 0 spiro atoms. The molecule has 0 fully saturated rings. The second-order valence-electron chi connectivity index (χ2n) is 4.07. The lowest BCUT2D eigenvalue weighted by Crippen LogP contribution is -2.31. The number of carbonyl (C=O) groups is 1.